The van der Waals surface area contributed by atoms with E-state index in [1.807, 2.05) is 0 Å². The third-order valence-electron chi connectivity index (χ3n) is 3.06. The van der Waals surface area contributed by atoms with E-state index in [2.05, 4.69) is 0 Å². The number of nitro groups is 1. The first-order chi connectivity index (χ1) is 9.31. The highest BCUT2D eigenvalue weighted by molar-refractivity contribution is 5.81. The summed E-state index contributed by atoms with van der Waals surface area (Å²) >= 11 is 0. The van der Waals surface area contributed by atoms with E-state index in [0.29, 0.717) is 12.1 Å². The second-order valence-electron chi connectivity index (χ2n) is 4.41. The number of aliphatic hydroxyl groups excluding tert-OH is 1. The lowest BCUT2D eigenvalue weighted by Gasteiger charge is -2.23. The van der Waals surface area contributed by atoms with Crippen LogP contribution in [-0.4, -0.2) is 39.8 Å². The van der Waals surface area contributed by atoms with Crippen molar-refractivity contribution in [1.82, 2.24) is 0 Å². The Labute approximate surface area is 111 Å². The molecule has 0 aromatic heterocycles. The number of nitro benzene ring substituents is 1. The smallest absolute Gasteiger partial charge is 0.328 e. The van der Waals surface area contributed by atoms with Gasteiger partial charge in [-0.3, -0.25) is 10.1 Å². The number of halogens is 2. The summed E-state index contributed by atoms with van der Waals surface area (Å²) in [7, 11) is 0. The summed E-state index contributed by atoms with van der Waals surface area (Å²) in [6.07, 6.45) is -1.22. The van der Waals surface area contributed by atoms with Gasteiger partial charge in [0.1, 0.15) is 17.5 Å². The summed E-state index contributed by atoms with van der Waals surface area (Å²) < 4.78 is 26.8. The molecule has 7 nitrogen and oxygen atoms in total. The number of carboxylic acids is 1. The van der Waals surface area contributed by atoms with E-state index in [4.69, 9.17) is 5.11 Å². The lowest BCUT2D eigenvalue weighted by molar-refractivity contribution is -0.386. The molecule has 9 heteroatoms. The summed E-state index contributed by atoms with van der Waals surface area (Å²) in [4.78, 5) is 21.8. The summed E-state index contributed by atoms with van der Waals surface area (Å²) in [5.41, 5.74) is -1.50. The van der Waals surface area contributed by atoms with Gasteiger partial charge in [0.25, 0.3) is 0 Å². The predicted molar refractivity (Wildman–Crippen MR) is 62.4 cm³/mol. The van der Waals surface area contributed by atoms with E-state index in [-0.39, 0.29) is 13.0 Å². The fourth-order valence-corrected chi connectivity index (χ4v) is 2.27. The average Bonchev–Trinajstić information content (AvgIpc) is 2.69. The highest BCUT2D eigenvalue weighted by Crippen LogP contribution is 2.36. The molecular weight excluding hydrogens is 278 g/mol. The van der Waals surface area contributed by atoms with Crippen molar-refractivity contribution in [2.75, 3.05) is 11.4 Å². The Morgan fingerprint density at radius 3 is 2.65 bits per heavy atom. The summed E-state index contributed by atoms with van der Waals surface area (Å²) in [6.45, 7) is -0.249. The average molecular weight is 288 g/mol. The van der Waals surface area contributed by atoms with Gasteiger partial charge in [-0.2, -0.15) is 4.39 Å². The number of hydrogen-bond donors (Lipinski definition) is 2. The first kappa shape index (κ1) is 14.1. The van der Waals surface area contributed by atoms with Gasteiger partial charge in [-0.15, -0.1) is 0 Å². The fourth-order valence-electron chi connectivity index (χ4n) is 2.27. The molecule has 1 aliphatic rings. The van der Waals surface area contributed by atoms with E-state index < -0.39 is 46.0 Å². The van der Waals surface area contributed by atoms with Gasteiger partial charge in [0.05, 0.1) is 11.0 Å². The number of β-amino-alcohol motifs (C(OH)–C–C–N with tert-alkyl or cyclic N) is 1. The van der Waals surface area contributed by atoms with E-state index in [9.17, 15) is 28.8 Å². The molecule has 20 heavy (non-hydrogen) atoms. The van der Waals surface area contributed by atoms with E-state index >= 15 is 0 Å². The molecule has 0 amide bonds. The second-order valence-corrected chi connectivity index (χ2v) is 4.41. The molecular formula is C11H10F2N2O5. The zero-order chi connectivity index (χ0) is 15.0. The number of benzene rings is 1. The van der Waals surface area contributed by atoms with Crippen LogP contribution in [0.1, 0.15) is 6.42 Å². The molecule has 2 unspecified atom stereocenters. The third kappa shape index (κ3) is 2.39. The molecule has 1 saturated heterocycles. The maximum absolute atomic E-state index is 13.5. The van der Waals surface area contributed by atoms with Crippen LogP contribution in [0.3, 0.4) is 0 Å². The van der Waals surface area contributed by atoms with Crippen molar-refractivity contribution >= 4 is 17.3 Å². The van der Waals surface area contributed by atoms with Gasteiger partial charge >= 0.3 is 11.7 Å². The van der Waals surface area contributed by atoms with Crippen molar-refractivity contribution < 1.29 is 28.7 Å². The normalized spacial score (nSPS) is 22.1. The molecule has 0 bridgehead atoms. The lowest BCUT2D eigenvalue weighted by atomic mass is 10.2. The van der Waals surface area contributed by atoms with Gasteiger partial charge in [0.15, 0.2) is 0 Å². The molecule has 2 N–H and O–H groups in total. The minimum atomic E-state index is -1.39. The van der Waals surface area contributed by atoms with Crippen LogP contribution in [0.5, 0.6) is 0 Å². The quantitative estimate of drug-likeness (QED) is 0.632. The standard InChI is InChI=1S/C11H10F2N2O5/c12-5-1-7(13)10(15(19)20)8(2-5)14-4-6(16)3-9(14)11(17)18/h1-2,6,9,16H,3-4H2,(H,17,18). The largest absolute Gasteiger partial charge is 0.480 e. The number of carbonyl (C=O) groups is 1. The summed E-state index contributed by atoms with van der Waals surface area (Å²) in [6, 6.07) is -0.232. The zero-order valence-corrected chi connectivity index (χ0v) is 9.99. The van der Waals surface area contributed by atoms with Crippen LogP contribution in [0.15, 0.2) is 12.1 Å². The van der Waals surface area contributed by atoms with Crippen LogP contribution in [0, 0.1) is 21.7 Å². The molecule has 0 saturated carbocycles. The zero-order valence-electron chi connectivity index (χ0n) is 9.99. The molecule has 0 spiro atoms. The van der Waals surface area contributed by atoms with Crippen LogP contribution in [0.2, 0.25) is 0 Å². The van der Waals surface area contributed by atoms with E-state index in [1.165, 1.54) is 0 Å². The summed E-state index contributed by atoms with van der Waals surface area (Å²) in [5, 5.41) is 29.4. The van der Waals surface area contributed by atoms with Crippen molar-refractivity contribution in [3.05, 3.63) is 33.9 Å². The Balaban J connectivity index is 2.56. The van der Waals surface area contributed by atoms with Crippen LogP contribution in [0.4, 0.5) is 20.2 Å². The maximum atomic E-state index is 13.5. The Bertz CT molecular complexity index is 580. The van der Waals surface area contributed by atoms with E-state index in [1.54, 1.807) is 0 Å². The van der Waals surface area contributed by atoms with Crippen molar-refractivity contribution in [3.8, 4) is 0 Å². The molecule has 2 rings (SSSR count). The number of hydrogen-bond acceptors (Lipinski definition) is 5. The van der Waals surface area contributed by atoms with Crippen molar-refractivity contribution in [1.29, 1.82) is 0 Å². The molecule has 0 aliphatic carbocycles. The van der Waals surface area contributed by atoms with Crippen molar-refractivity contribution in [2.24, 2.45) is 0 Å². The number of aliphatic hydroxyl groups is 1. The minimum Gasteiger partial charge on any atom is -0.480 e. The highest BCUT2D eigenvalue weighted by Gasteiger charge is 2.40. The predicted octanol–water partition coefficient (Wildman–Crippen LogP) is 0.897. The topological polar surface area (TPSA) is 104 Å². The van der Waals surface area contributed by atoms with E-state index in [0.717, 1.165) is 4.90 Å². The van der Waals surface area contributed by atoms with Gasteiger partial charge in [0, 0.05) is 25.1 Å². The first-order valence-electron chi connectivity index (χ1n) is 5.62. The molecule has 0 radical (unpaired) electrons. The van der Waals surface area contributed by atoms with Crippen LogP contribution >= 0.6 is 0 Å². The molecule has 1 heterocycles. The number of aliphatic carboxylic acids is 1. The molecule has 2 atom stereocenters. The van der Waals surface area contributed by atoms with Gasteiger partial charge < -0.3 is 15.1 Å². The monoisotopic (exact) mass is 288 g/mol. The first-order valence-corrected chi connectivity index (χ1v) is 5.62. The molecule has 1 aromatic carbocycles. The van der Waals surface area contributed by atoms with Crippen LogP contribution in [-0.2, 0) is 4.79 Å². The number of carboxylic acid groups (broad SMARTS) is 1. The number of anilines is 1. The van der Waals surface area contributed by atoms with Gasteiger partial charge in [0.2, 0.25) is 5.82 Å². The molecule has 1 aliphatic heterocycles. The third-order valence-corrected chi connectivity index (χ3v) is 3.06. The number of rotatable bonds is 3. The minimum absolute atomic E-state index is 0.176. The van der Waals surface area contributed by atoms with Gasteiger partial charge in [-0.1, -0.05) is 0 Å². The van der Waals surface area contributed by atoms with Gasteiger partial charge in [-0.25, -0.2) is 9.18 Å². The van der Waals surface area contributed by atoms with Crippen molar-refractivity contribution in [3.63, 3.8) is 0 Å². The molecule has 1 aromatic rings. The molecule has 108 valence electrons. The second kappa shape index (κ2) is 5.00. The van der Waals surface area contributed by atoms with Crippen LogP contribution < -0.4 is 4.90 Å². The van der Waals surface area contributed by atoms with Crippen LogP contribution in [0.25, 0.3) is 0 Å². The Kier molecular flexibility index (Phi) is 3.53. The highest BCUT2D eigenvalue weighted by atomic mass is 19.1. The van der Waals surface area contributed by atoms with Crippen molar-refractivity contribution in [2.45, 2.75) is 18.6 Å². The number of nitrogens with zero attached hydrogens (tertiary/aromatic N) is 2. The summed E-state index contributed by atoms with van der Waals surface area (Å²) in [5.74, 6) is -3.79. The Morgan fingerprint density at radius 1 is 1.45 bits per heavy atom. The fraction of sp³-hybridized carbons (Fsp3) is 0.364. The Hall–Kier alpha value is -2.29. The van der Waals surface area contributed by atoms with Gasteiger partial charge in [-0.05, 0) is 0 Å². The lowest BCUT2D eigenvalue weighted by Crippen LogP contribution is -2.36. The maximum Gasteiger partial charge on any atom is 0.328 e. The Morgan fingerprint density at radius 2 is 2.10 bits per heavy atom. The molecule has 1 fully saturated rings. The SMILES string of the molecule is O=C(O)C1CC(O)CN1c1cc(F)cc(F)c1[N+](=O)[O-].